The Morgan fingerprint density at radius 3 is 2.78 bits per heavy atom. The Bertz CT molecular complexity index is 883. The van der Waals surface area contributed by atoms with Crippen LogP contribution in [0.5, 0.6) is 0 Å². The Morgan fingerprint density at radius 1 is 1.30 bits per heavy atom. The Balaban J connectivity index is 1.79. The van der Waals surface area contributed by atoms with Crippen molar-refractivity contribution in [3.8, 4) is 6.07 Å². The summed E-state index contributed by atoms with van der Waals surface area (Å²) in [6.45, 7) is -0.722. The summed E-state index contributed by atoms with van der Waals surface area (Å²) >= 11 is 1.45. The number of aromatic nitrogens is 1. The number of hydrogen-bond acceptors (Lipinski definition) is 4. The van der Waals surface area contributed by atoms with Gasteiger partial charge in [0.1, 0.15) is 6.67 Å². The molecule has 3 aromatic rings. The van der Waals surface area contributed by atoms with Gasteiger partial charge in [0.25, 0.3) is 5.91 Å². The summed E-state index contributed by atoms with van der Waals surface area (Å²) in [5.74, 6) is -0.340. The third-order valence-corrected chi connectivity index (χ3v) is 4.29. The van der Waals surface area contributed by atoms with Gasteiger partial charge < -0.3 is 5.32 Å². The second-order valence-electron chi connectivity index (χ2n) is 4.95. The summed E-state index contributed by atoms with van der Waals surface area (Å²) in [7, 11) is 0. The van der Waals surface area contributed by atoms with Crippen molar-refractivity contribution >= 4 is 27.5 Å². The molecule has 3 rings (SSSR count). The highest BCUT2D eigenvalue weighted by Crippen LogP contribution is 2.20. The molecule has 4 nitrogen and oxygen atoms in total. The molecule has 1 heterocycles. The molecule has 0 spiro atoms. The van der Waals surface area contributed by atoms with Crippen LogP contribution < -0.4 is 5.32 Å². The lowest BCUT2D eigenvalue weighted by atomic mass is 10.1. The average Bonchev–Trinajstić information content (AvgIpc) is 3.07. The van der Waals surface area contributed by atoms with E-state index in [0.717, 1.165) is 10.2 Å². The summed E-state index contributed by atoms with van der Waals surface area (Å²) in [6, 6.07) is 13.0. The van der Waals surface area contributed by atoms with E-state index in [4.69, 9.17) is 5.26 Å². The molecule has 6 heteroatoms. The van der Waals surface area contributed by atoms with Gasteiger partial charge in [-0.2, -0.15) is 5.26 Å². The van der Waals surface area contributed by atoms with E-state index in [0.29, 0.717) is 16.7 Å². The number of nitrogens with one attached hydrogen (secondary N) is 1. The first-order valence-corrected chi connectivity index (χ1v) is 7.79. The molecule has 0 fully saturated rings. The molecule has 1 amide bonds. The van der Waals surface area contributed by atoms with Crippen LogP contribution in [0, 0.1) is 11.3 Å². The van der Waals surface area contributed by atoms with Gasteiger partial charge in [-0.25, -0.2) is 9.37 Å². The van der Waals surface area contributed by atoms with E-state index in [9.17, 15) is 9.18 Å². The van der Waals surface area contributed by atoms with Crippen molar-refractivity contribution in [3.05, 3.63) is 64.7 Å². The number of thiazole rings is 1. The van der Waals surface area contributed by atoms with Gasteiger partial charge in [-0.05, 0) is 35.9 Å². The molecule has 23 heavy (non-hydrogen) atoms. The highest BCUT2D eigenvalue weighted by Gasteiger charge is 2.16. The van der Waals surface area contributed by atoms with E-state index in [1.807, 2.05) is 6.07 Å². The van der Waals surface area contributed by atoms with Crippen LogP contribution in [0.1, 0.15) is 27.5 Å². The summed E-state index contributed by atoms with van der Waals surface area (Å²) in [4.78, 5) is 16.5. The van der Waals surface area contributed by atoms with Gasteiger partial charge >= 0.3 is 0 Å². The zero-order valence-electron chi connectivity index (χ0n) is 12.0. The first kappa shape index (κ1) is 15.1. The lowest BCUT2D eigenvalue weighted by Crippen LogP contribution is -2.29. The van der Waals surface area contributed by atoms with Crippen molar-refractivity contribution in [1.82, 2.24) is 10.3 Å². The Kier molecular flexibility index (Phi) is 4.31. The van der Waals surface area contributed by atoms with Gasteiger partial charge in [0.15, 0.2) is 0 Å². The van der Waals surface area contributed by atoms with E-state index in [-0.39, 0.29) is 5.91 Å². The second-order valence-corrected chi connectivity index (χ2v) is 5.84. The number of rotatable bonds is 4. The number of carbonyl (C=O) groups excluding carboxylic acids is 1. The third-order valence-electron chi connectivity index (χ3n) is 3.50. The SMILES string of the molecule is N#Cc1ccc(C(CF)NC(=O)c2ccc3ncsc3c2)cc1. The van der Waals surface area contributed by atoms with Gasteiger partial charge in [-0.15, -0.1) is 11.3 Å². The third kappa shape index (κ3) is 3.20. The van der Waals surface area contributed by atoms with E-state index in [1.165, 1.54) is 11.3 Å². The van der Waals surface area contributed by atoms with E-state index in [2.05, 4.69) is 10.3 Å². The Labute approximate surface area is 136 Å². The molecular formula is C17H12FN3OS. The minimum Gasteiger partial charge on any atom is -0.343 e. The maximum Gasteiger partial charge on any atom is 0.251 e. The lowest BCUT2D eigenvalue weighted by molar-refractivity contribution is 0.0930. The van der Waals surface area contributed by atoms with Crippen LogP contribution in [0.4, 0.5) is 4.39 Å². The molecule has 2 aromatic carbocycles. The maximum atomic E-state index is 13.3. The van der Waals surface area contributed by atoms with E-state index >= 15 is 0 Å². The number of alkyl halides is 1. The van der Waals surface area contributed by atoms with Crippen LogP contribution in [-0.4, -0.2) is 17.6 Å². The molecule has 0 bridgehead atoms. The van der Waals surface area contributed by atoms with Crippen LogP contribution in [0.25, 0.3) is 10.2 Å². The molecule has 0 radical (unpaired) electrons. The Hall–Kier alpha value is -2.78. The van der Waals surface area contributed by atoms with Crippen molar-refractivity contribution in [1.29, 1.82) is 5.26 Å². The van der Waals surface area contributed by atoms with Crippen molar-refractivity contribution in [2.75, 3.05) is 6.67 Å². The number of benzene rings is 2. The summed E-state index contributed by atoms with van der Waals surface area (Å²) in [5, 5.41) is 11.5. The number of nitriles is 1. The molecule has 1 N–H and O–H groups in total. The summed E-state index contributed by atoms with van der Waals surface area (Å²) in [5.41, 5.74) is 4.13. The van der Waals surface area contributed by atoms with Crippen molar-refractivity contribution in [2.24, 2.45) is 0 Å². The van der Waals surface area contributed by atoms with Gasteiger partial charge in [0, 0.05) is 5.56 Å². The molecule has 114 valence electrons. The molecule has 0 saturated heterocycles. The van der Waals surface area contributed by atoms with Crippen molar-refractivity contribution in [2.45, 2.75) is 6.04 Å². The van der Waals surface area contributed by atoms with Gasteiger partial charge in [0.2, 0.25) is 0 Å². The monoisotopic (exact) mass is 325 g/mol. The van der Waals surface area contributed by atoms with Gasteiger partial charge in [-0.1, -0.05) is 12.1 Å². The fourth-order valence-electron chi connectivity index (χ4n) is 2.24. The summed E-state index contributed by atoms with van der Waals surface area (Å²) in [6.07, 6.45) is 0. The highest BCUT2D eigenvalue weighted by atomic mass is 32.1. The summed E-state index contributed by atoms with van der Waals surface area (Å²) < 4.78 is 14.2. The number of fused-ring (bicyclic) bond motifs is 1. The van der Waals surface area contributed by atoms with Gasteiger partial charge in [-0.3, -0.25) is 4.79 Å². The number of hydrogen-bond donors (Lipinski definition) is 1. The highest BCUT2D eigenvalue weighted by molar-refractivity contribution is 7.16. The second kappa shape index (κ2) is 6.55. The largest absolute Gasteiger partial charge is 0.343 e. The topological polar surface area (TPSA) is 65.8 Å². The number of nitrogens with zero attached hydrogens (tertiary/aromatic N) is 2. The van der Waals surface area contributed by atoms with Crippen LogP contribution in [-0.2, 0) is 0 Å². The lowest BCUT2D eigenvalue weighted by Gasteiger charge is -2.16. The maximum absolute atomic E-state index is 13.3. The predicted octanol–water partition coefficient (Wildman–Crippen LogP) is 3.61. The fourth-order valence-corrected chi connectivity index (χ4v) is 2.96. The van der Waals surface area contributed by atoms with Crippen LogP contribution >= 0.6 is 11.3 Å². The molecule has 1 aromatic heterocycles. The quantitative estimate of drug-likeness (QED) is 0.797. The molecular weight excluding hydrogens is 313 g/mol. The minimum atomic E-state index is -0.743. The molecule has 1 unspecified atom stereocenters. The van der Waals surface area contributed by atoms with Gasteiger partial charge in [0.05, 0.1) is 33.4 Å². The molecule has 0 aliphatic carbocycles. The molecule has 0 saturated carbocycles. The minimum absolute atomic E-state index is 0.340. The van der Waals surface area contributed by atoms with Crippen molar-refractivity contribution < 1.29 is 9.18 Å². The van der Waals surface area contributed by atoms with E-state index < -0.39 is 12.7 Å². The first-order valence-electron chi connectivity index (χ1n) is 6.91. The number of carbonyl (C=O) groups is 1. The van der Waals surface area contributed by atoms with E-state index in [1.54, 1.807) is 48.0 Å². The number of halogens is 1. The molecule has 0 aliphatic rings. The first-order chi connectivity index (χ1) is 11.2. The Morgan fingerprint density at radius 2 is 2.09 bits per heavy atom. The fraction of sp³-hybridized carbons (Fsp3) is 0.118. The molecule has 0 aliphatic heterocycles. The predicted molar refractivity (Wildman–Crippen MR) is 87.0 cm³/mol. The normalized spacial score (nSPS) is 11.8. The standard InChI is InChI=1S/C17H12FN3OS/c18-8-15(12-3-1-11(9-19)2-4-12)21-17(22)13-5-6-14-16(7-13)23-10-20-14/h1-7,10,15H,8H2,(H,21,22). The van der Waals surface area contributed by atoms with Crippen LogP contribution in [0.2, 0.25) is 0 Å². The number of amides is 1. The van der Waals surface area contributed by atoms with Crippen molar-refractivity contribution in [3.63, 3.8) is 0 Å². The zero-order chi connectivity index (χ0) is 16.2. The van der Waals surface area contributed by atoms with Crippen LogP contribution in [0.15, 0.2) is 48.0 Å². The zero-order valence-corrected chi connectivity index (χ0v) is 12.8. The molecule has 1 atom stereocenters. The average molecular weight is 325 g/mol. The smallest absolute Gasteiger partial charge is 0.251 e. The van der Waals surface area contributed by atoms with Crippen LogP contribution in [0.3, 0.4) is 0 Å².